The van der Waals surface area contributed by atoms with E-state index in [1.807, 2.05) is 7.05 Å². The molecule has 0 saturated heterocycles. The number of rotatable bonds is 4. The third-order valence-corrected chi connectivity index (χ3v) is 2.75. The monoisotopic (exact) mass is 252 g/mol. The lowest BCUT2D eigenvalue weighted by atomic mass is 10.3. The van der Waals surface area contributed by atoms with Gasteiger partial charge in [-0.2, -0.15) is 5.26 Å². The highest BCUT2D eigenvalue weighted by Crippen LogP contribution is 2.12. The van der Waals surface area contributed by atoms with Gasteiger partial charge in [-0.25, -0.2) is 0 Å². The van der Waals surface area contributed by atoms with E-state index in [1.165, 1.54) is 0 Å². The van der Waals surface area contributed by atoms with E-state index in [1.54, 1.807) is 31.2 Å². The summed E-state index contributed by atoms with van der Waals surface area (Å²) in [6.45, 7) is 2.04. The molecule has 0 spiro atoms. The fourth-order valence-corrected chi connectivity index (χ4v) is 1.38. The second kappa shape index (κ2) is 6.24. The molecule has 0 aliphatic rings. The molecule has 0 bridgehead atoms. The standard InChI is InChI=1S/C12H14ClN3O/c1-9(7-14)16(2)8-12(17)15-11-5-3-10(13)4-6-11/h3-6,9H,8H2,1-2H3,(H,15,17)/p+1/t9-/m0/s1. The second-order valence-corrected chi connectivity index (χ2v) is 4.37. The molecule has 1 amide bonds. The number of amides is 1. The Kier molecular flexibility index (Phi) is 4.95. The minimum Gasteiger partial charge on any atom is -0.321 e. The average molecular weight is 253 g/mol. The first-order valence-electron chi connectivity index (χ1n) is 5.30. The Labute approximate surface area is 106 Å². The maximum Gasteiger partial charge on any atom is 0.279 e. The number of benzene rings is 1. The number of anilines is 1. The maximum atomic E-state index is 11.7. The van der Waals surface area contributed by atoms with Crippen LogP contribution in [0.15, 0.2) is 24.3 Å². The molecule has 17 heavy (non-hydrogen) atoms. The molecule has 0 radical (unpaired) electrons. The van der Waals surface area contributed by atoms with Crippen molar-refractivity contribution >= 4 is 23.2 Å². The van der Waals surface area contributed by atoms with Gasteiger partial charge >= 0.3 is 0 Å². The lowest BCUT2D eigenvalue weighted by Gasteiger charge is -2.15. The van der Waals surface area contributed by atoms with E-state index in [4.69, 9.17) is 16.9 Å². The fourth-order valence-electron chi connectivity index (χ4n) is 1.25. The summed E-state index contributed by atoms with van der Waals surface area (Å²) >= 11 is 5.74. The number of nitrogens with one attached hydrogen (secondary N) is 2. The Morgan fingerprint density at radius 2 is 2.12 bits per heavy atom. The van der Waals surface area contributed by atoms with Crippen LogP contribution in [0.25, 0.3) is 0 Å². The fraction of sp³-hybridized carbons (Fsp3) is 0.333. The van der Waals surface area contributed by atoms with Gasteiger partial charge in [-0.3, -0.25) is 4.79 Å². The molecule has 4 nitrogen and oxygen atoms in total. The molecule has 0 heterocycles. The van der Waals surface area contributed by atoms with Crippen molar-refractivity contribution in [2.45, 2.75) is 13.0 Å². The van der Waals surface area contributed by atoms with Crippen molar-refractivity contribution in [3.63, 3.8) is 0 Å². The highest BCUT2D eigenvalue weighted by atomic mass is 35.5. The summed E-state index contributed by atoms with van der Waals surface area (Å²) in [6.07, 6.45) is 0. The first-order valence-corrected chi connectivity index (χ1v) is 5.68. The van der Waals surface area contributed by atoms with E-state index >= 15 is 0 Å². The smallest absolute Gasteiger partial charge is 0.279 e. The van der Waals surface area contributed by atoms with Crippen LogP contribution in [0.1, 0.15) is 6.92 Å². The van der Waals surface area contributed by atoms with Gasteiger partial charge in [0.15, 0.2) is 12.6 Å². The summed E-state index contributed by atoms with van der Waals surface area (Å²) in [5.41, 5.74) is 0.705. The minimum atomic E-state index is -0.203. The molecule has 0 aromatic heterocycles. The molecule has 0 aliphatic heterocycles. The Morgan fingerprint density at radius 3 is 2.65 bits per heavy atom. The largest absolute Gasteiger partial charge is 0.321 e. The highest BCUT2D eigenvalue weighted by molar-refractivity contribution is 6.30. The van der Waals surface area contributed by atoms with Crippen LogP contribution in [0.4, 0.5) is 5.69 Å². The summed E-state index contributed by atoms with van der Waals surface area (Å²) in [6, 6.07) is 8.81. The van der Waals surface area contributed by atoms with Crippen LogP contribution in [0.2, 0.25) is 5.02 Å². The van der Waals surface area contributed by atoms with E-state index in [0.29, 0.717) is 10.7 Å². The van der Waals surface area contributed by atoms with E-state index in [2.05, 4.69) is 11.4 Å². The predicted octanol–water partition coefficient (Wildman–Crippen LogP) is 0.705. The quantitative estimate of drug-likeness (QED) is 0.829. The van der Waals surface area contributed by atoms with Gasteiger partial charge in [0, 0.05) is 17.6 Å². The Morgan fingerprint density at radius 1 is 1.53 bits per heavy atom. The number of quaternary nitrogens is 1. The molecule has 0 fully saturated rings. The van der Waals surface area contributed by atoms with Gasteiger partial charge < -0.3 is 10.2 Å². The zero-order valence-corrected chi connectivity index (χ0v) is 10.6. The lowest BCUT2D eigenvalue weighted by Crippen LogP contribution is -3.13. The van der Waals surface area contributed by atoms with Crippen LogP contribution in [-0.4, -0.2) is 25.5 Å². The minimum absolute atomic E-state index is 0.119. The van der Waals surface area contributed by atoms with E-state index in [0.717, 1.165) is 4.90 Å². The van der Waals surface area contributed by atoms with E-state index in [9.17, 15) is 4.79 Å². The molecular weight excluding hydrogens is 238 g/mol. The van der Waals surface area contributed by atoms with Crippen molar-refractivity contribution in [1.29, 1.82) is 5.26 Å². The molecular formula is C12H15ClN3O+. The Bertz CT molecular complexity index is 424. The molecule has 1 rings (SSSR count). The van der Waals surface area contributed by atoms with Crippen molar-refractivity contribution < 1.29 is 9.69 Å². The molecule has 1 unspecified atom stereocenters. The molecule has 90 valence electrons. The highest BCUT2D eigenvalue weighted by Gasteiger charge is 2.15. The lowest BCUT2D eigenvalue weighted by molar-refractivity contribution is -0.886. The molecule has 1 aromatic carbocycles. The van der Waals surface area contributed by atoms with Crippen LogP contribution >= 0.6 is 11.6 Å². The van der Waals surface area contributed by atoms with Crippen LogP contribution in [0.5, 0.6) is 0 Å². The van der Waals surface area contributed by atoms with Gasteiger partial charge in [-0.15, -0.1) is 0 Å². The van der Waals surface area contributed by atoms with Crippen molar-refractivity contribution in [3.8, 4) is 6.07 Å². The number of hydrogen-bond acceptors (Lipinski definition) is 2. The van der Waals surface area contributed by atoms with Gasteiger partial charge in [0.05, 0.1) is 7.05 Å². The molecule has 0 aliphatic carbocycles. The number of hydrogen-bond donors (Lipinski definition) is 2. The summed E-state index contributed by atoms with van der Waals surface area (Å²) in [5.74, 6) is -0.119. The topological polar surface area (TPSA) is 57.3 Å². The molecule has 0 saturated carbocycles. The molecule has 5 heteroatoms. The number of halogens is 1. The maximum absolute atomic E-state index is 11.7. The van der Waals surface area contributed by atoms with Gasteiger partial charge in [0.25, 0.3) is 5.91 Å². The second-order valence-electron chi connectivity index (χ2n) is 3.93. The average Bonchev–Trinajstić information content (AvgIpc) is 2.30. The number of nitrogens with zero attached hydrogens (tertiary/aromatic N) is 1. The summed E-state index contributed by atoms with van der Waals surface area (Å²) < 4.78 is 0. The van der Waals surface area contributed by atoms with Crippen LogP contribution in [0, 0.1) is 11.3 Å². The summed E-state index contributed by atoms with van der Waals surface area (Å²) in [7, 11) is 1.81. The number of carbonyl (C=O) groups is 1. The third kappa shape index (κ3) is 4.43. The Hall–Kier alpha value is -1.57. The van der Waals surface area contributed by atoms with Crippen LogP contribution in [-0.2, 0) is 4.79 Å². The molecule has 2 atom stereocenters. The van der Waals surface area contributed by atoms with E-state index in [-0.39, 0.29) is 18.5 Å². The predicted molar refractivity (Wildman–Crippen MR) is 66.9 cm³/mol. The van der Waals surface area contributed by atoms with E-state index < -0.39 is 0 Å². The van der Waals surface area contributed by atoms with Gasteiger partial charge in [-0.05, 0) is 24.3 Å². The third-order valence-electron chi connectivity index (χ3n) is 2.50. The molecule has 1 aromatic rings. The molecule has 2 N–H and O–H groups in total. The number of nitriles is 1. The van der Waals surface area contributed by atoms with Gasteiger partial charge in [0.1, 0.15) is 6.07 Å². The van der Waals surface area contributed by atoms with Crippen molar-refractivity contribution in [2.75, 3.05) is 18.9 Å². The van der Waals surface area contributed by atoms with Gasteiger partial charge in [-0.1, -0.05) is 11.6 Å². The SMILES string of the molecule is C[C@@H](C#N)[NH+](C)CC(=O)Nc1ccc(Cl)cc1. The van der Waals surface area contributed by atoms with Crippen molar-refractivity contribution in [3.05, 3.63) is 29.3 Å². The number of likely N-dealkylation sites (N-methyl/N-ethyl adjacent to an activating group) is 1. The van der Waals surface area contributed by atoms with Crippen LogP contribution in [0.3, 0.4) is 0 Å². The summed E-state index contributed by atoms with van der Waals surface area (Å²) in [5, 5.41) is 12.1. The zero-order valence-electron chi connectivity index (χ0n) is 9.83. The zero-order chi connectivity index (χ0) is 12.8. The first kappa shape index (κ1) is 13.5. The first-order chi connectivity index (χ1) is 8.02. The number of carbonyl (C=O) groups excluding carboxylic acids is 1. The van der Waals surface area contributed by atoms with Crippen molar-refractivity contribution in [2.24, 2.45) is 0 Å². The summed E-state index contributed by atoms with van der Waals surface area (Å²) in [4.78, 5) is 12.5. The van der Waals surface area contributed by atoms with Crippen LogP contribution < -0.4 is 10.2 Å². The normalized spacial score (nSPS) is 13.5. The van der Waals surface area contributed by atoms with Gasteiger partial charge in [0.2, 0.25) is 0 Å². The van der Waals surface area contributed by atoms with Crippen molar-refractivity contribution in [1.82, 2.24) is 0 Å². The Balaban J connectivity index is 2.50.